The summed E-state index contributed by atoms with van der Waals surface area (Å²) in [7, 11) is -1.20. The third-order valence-corrected chi connectivity index (χ3v) is 3.00. The predicted octanol–water partition coefficient (Wildman–Crippen LogP) is 3.43. The van der Waals surface area contributed by atoms with Gasteiger partial charge in [0.15, 0.2) is 0 Å². The van der Waals surface area contributed by atoms with Gasteiger partial charge in [0.05, 0.1) is 0 Å². The molecule has 17 heavy (non-hydrogen) atoms. The maximum atomic E-state index is 11.7. The van der Waals surface area contributed by atoms with Gasteiger partial charge < -0.3 is 4.72 Å². The molecule has 0 saturated heterocycles. The van der Waals surface area contributed by atoms with Crippen molar-refractivity contribution in [2.75, 3.05) is 4.72 Å². The van der Waals surface area contributed by atoms with Crippen molar-refractivity contribution in [1.82, 2.24) is 0 Å². The largest absolute Gasteiger partial charge is 0.302 e. The molecule has 0 spiro atoms. The first-order valence-corrected chi connectivity index (χ1v) is 6.51. The summed E-state index contributed by atoms with van der Waals surface area (Å²) in [5.74, 6) is 0. The van der Waals surface area contributed by atoms with Crippen molar-refractivity contribution in [3.05, 3.63) is 71.6 Å². The molecular weight excluding hydrogens is 230 g/mol. The van der Waals surface area contributed by atoms with Gasteiger partial charge in [0.1, 0.15) is 11.0 Å². The van der Waals surface area contributed by atoms with E-state index in [0.29, 0.717) is 0 Å². The predicted molar refractivity (Wildman–Crippen MR) is 73.7 cm³/mol. The van der Waals surface area contributed by atoms with E-state index in [9.17, 15) is 4.21 Å². The summed E-state index contributed by atoms with van der Waals surface area (Å²) in [5.41, 5.74) is 1.89. The van der Waals surface area contributed by atoms with Gasteiger partial charge in [0, 0.05) is 11.1 Å². The van der Waals surface area contributed by atoms with Gasteiger partial charge in [-0.05, 0) is 23.8 Å². The zero-order valence-corrected chi connectivity index (χ0v) is 10.1. The van der Waals surface area contributed by atoms with Crippen LogP contribution >= 0.6 is 0 Å². The molecule has 2 rings (SSSR count). The lowest BCUT2D eigenvalue weighted by atomic mass is 10.2. The van der Waals surface area contributed by atoms with Crippen molar-refractivity contribution in [2.45, 2.75) is 0 Å². The quantitative estimate of drug-likeness (QED) is 0.875. The fourth-order valence-electron chi connectivity index (χ4n) is 1.36. The van der Waals surface area contributed by atoms with E-state index in [4.69, 9.17) is 0 Å². The second-order valence-electron chi connectivity index (χ2n) is 3.48. The topological polar surface area (TPSA) is 29.1 Å². The van der Waals surface area contributed by atoms with Crippen LogP contribution in [-0.4, -0.2) is 4.21 Å². The summed E-state index contributed by atoms with van der Waals surface area (Å²) in [6.45, 7) is 0. The van der Waals surface area contributed by atoms with Crippen LogP contribution in [0.3, 0.4) is 0 Å². The van der Waals surface area contributed by atoms with Crippen LogP contribution in [0.1, 0.15) is 5.56 Å². The molecule has 0 aliphatic carbocycles. The first kappa shape index (κ1) is 11.6. The Morgan fingerprint density at radius 1 is 0.882 bits per heavy atom. The van der Waals surface area contributed by atoms with Crippen LogP contribution < -0.4 is 4.72 Å². The van der Waals surface area contributed by atoms with Gasteiger partial charge in [-0.15, -0.1) is 0 Å². The van der Waals surface area contributed by atoms with Gasteiger partial charge in [-0.1, -0.05) is 48.5 Å². The molecule has 0 saturated carbocycles. The molecule has 1 atom stereocenters. The maximum absolute atomic E-state index is 11.7. The van der Waals surface area contributed by atoms with Gasteiger partial charge in [0.25, 0.3) is 0 Å². The number of hydrogen-bond acceptors (Lipinski definition) is 1. The lowest BCUT2D eigenvalue weighted by Crippen LogP contribution is -1.99. The standard InChI is InChI=1S/C14H13NOS/c16-17(15-14-9-5-2-6-10-14)12-11-13-7-3-1-4-8-13/h1-12,15H/b12-11+. The molecule has 0 fully saturated rings. The minimum Gasteiger partial charge on any atom is -0.302 e. The third kappa shape index (κ3) is 3.89. The molecule has 0 aliphatic rings. The Bertz CT molecular complexity index is 508. The van der Waals surface area contributed by atoms with Crippen LogP contribution in [0.15, 0.2) is 66.1 Å². The molecule has 0 aromatic heterocycles. The molecule has 2 aromatic carbocycles. The first-order valence-electron chi connectivity index (χ1n) is 5.30. The molecule has 1 N–H and O–H groups in total. The Morgan fingerprint density at radius 3 is 2.12 bits per heavy atom. The minimum absolute atomic E-state index is 0.851. The zero-order chi connectivity index (χ0) is 11.9. The molecule has 0 amide bonds. The second-order valence-corrected chi connectivity index (χ2v) is 4.55. The van der Waals surface area contributed by atoms with Crippen LogP contribution in [0.2, 0.25) is 0 Å². The lowest BCUT2D eigenvalue weighted by molar-refractivity contribution is 0.691. The molecule has 0 bridgehead atoms. The Kier molecular flexibility index (Phi) is 4.11. The zero-order valence-electron chi connectivity index (χ0n) is 9.24. The van der Waals surface area contributed by atoms with E-state index in [1.54, 1.807) is 5.41 Å². The summed E-state index contributed by atoms with van der Waals surface area (Å²) >= 11 is 0. The highest BCUT2D eigenvalue weighted by molar-refractivity contribution is 7.89. The average molecular weight is 243 g/mol. The Balaban J connectivity index is 1.96. The Morgan fingerprint density at radius 2 is 1.47 bits per heavy atom. The van der Waals surface area contributed by atoms with Crippen LogP contribution in [0.25, 0.3) is 6.08 Å². The van der Waals surface area contributed by atoms with Crippen LogP contribution in [0.4, 0.5) is 5.69 Å². The van der Waals surface area contributed by atoms with Crippen LogP contribution in [0.5, 0.6) is 0 Å². The number of hydrogen-bond donors (Lipinski definition) is 1. The normalized spacial score (nSPS) is 12.5. The molecule has 3 heteroatoms. The van der Waals surface area contributed by atoms with E-state index in [-0.39, 0.29) is 0 Å². The van der Waals surface area contributed by atoms with Crippen molar-refractivity contribution in [1.29, 1.82) is 0 Å². The smallest absolute Gasteiger partial charge is 0.142 e. The summed E-state index contributed by atoms with van der Waals surface area (Å²) in [6, 6.07) is 19.3. The van der Waals surface area contributed by atoms with Crippen molar-refractivity contribution in [2.24, 2.45) is 0 Å². The first-order chi connectivity index (χ1) is 8.34. The molecule has 2 aromatic rings. The summed E-state index contributed by atoms with van der Waals surface area (Å²) in [4.78, 5) is 0. The van der Waals surface area contributed by atoms with E-state index in [1.807, 2.05) is 66.7 Å². The molecule has 1 unspecified atom stereocenters. The number of anilines is 1. The molecule has 0 aliphatic heterocycles. The highest BCUT2D eigenvalue weighted by atomic mass is 32.2. The fraction of sp³-hybridized carbons (Fsp3) is 0. The number of para-hydroxylation sites is 1. The number of benzene rings is 2. The fourth-order valence-corrected chi connectivity index (χ4v) is 2.08. The van der Waals surface area contributed by atoms with Gasteiger partial charge >= 0.3 is 0 Å². The van der Waals surface area contributed by atoms with Crippen LogP contribution in [0, 0.1) is 0 Å². The van der Waals surface area contributed by atoms with Crippen molar-refractivity contribution in [3.63, 3.8) is 0 Å². The van der Waals surface area contributed by atoms with Gasteiger partial charge in [-0.3, -0.25) is 0 Å². The lowest BCUT2D eigenvalue weighted by Gasteiger charge is -2.01. The summed E-state index contributed by atoms with van der Waals surface area (Å²) in [5, 5.41) is 1.64. The number of rotatable bonds is 4. The molecule has 86 valence electrons. The Labute approximate surface area is 104 Å². The van der Waals surface area contributed by atoms with Crippen LogP contribution in [-0.2, 0) is 11.0 Å². The number of nitrogens with one attached hydrogen (secondary N) is 1. The van der Waals surface area contributed by atoms with E-state index in [1.165, 1.54) is 0 Å². The van der Waals surface area contributed by atoms with Gasteiger partial charge in [-0.2, -0.15) is 0 Å². The monoisotopic (exact) mass is 243 g/mol. The summed E-state index contributed by atoms with van der Waals surface area (Å²) < 4.78 is 14.6. The summed E-state index contributed by atoms with van der Waals surface area (Å²) in [6.07, 6.45) is 1.84. The second kappa shape index (κ2) is 6.01. The minimum atomic E-state index is -1.20. The van der Waals surface area contributed by atoms with Gasteiger partial charge in [0.2, 0.25) is 0 Å². The van der Waals surface area contributed by atoms with Crippen molar-refractivity contribution in [3.8, 4) is 0 Å². The highest BCUT2D eigenvalue weighted by Gasteiger charge is 1.94. The van der Waals surface area contributed by atoms with E-state index in [2.05, 4.69) is 4.72 Å². The molecule has 0 heterocycles. The molecular formula is C14H13NOS. The highest BCUT2D eigenvalue weighted by Crippen LogP contribution is 2.07. The Hall–Kier alpha value is -1.87. The maximum Gasteiger partial charge on any atom is 0.142 e. The van der Waals surface area contributed by atoms with Crippen molar-refractivity contribution >= 4 is 22.7 Å². The van der Waals surface area contributed by atoms with E-state index >= 15 is 0 Å². The average Bonchev–Trinajstić information content (AvgIpc) is 2.39. The molecule has 0 radical (unpaired) electrons. The van der Waals surface area contributed by atoms with E-state index in [0.717, 1.165) is 11.3 Å². The van der Waals surface area contributed by atoms with Crippen molar-refractivity contribution < 1.29 is 4.21 Å². The van der Waals surface area contributed by atoms with Gasteiger partial charge in [-0.25, -0.2) is 4.21 Å². The SMILES string of the molecule is O=S(/C=C/c1ccccc1)Nc1ccccc1. The van der Waals surface area contributed by atoms with E-state index < -0.39 is 11.0 Å². The third-order valence-electron chi connectivity index (χ3n) is 2.18. The molecule has 2 nitrogen and oxygen atoms in total.